The third kappa shape index (κ3) is 4.91. The van der Waals surface area contributed by atoms with Crippen molar-refractivity contribution in [1.82, 2.24) is 25.0 Å². The number of ether oxygens (including phenoxy) is 2. The molecule has 1 aliphatic heterocycles. The Morgan fingerprint density at radius 2 is 1.91 bits per heavy atom. The molecule has 14 heteroatoms. The molecule has 3 aromatic rings. The van der Waals surface area contributed by atoms with Gasteiger partial charge >= 0.3 is 6.01 Å². The average Bonchev–Trinajstić information content (AvgIpc) is 3.32. The molecular weight excluding hydrogens is 469 g/mol. The lowest BCUT2D eigenvalue weighted by Gasteiger charge is -2.39. The SMILES string of the molecule is [B]C([B])([B])n1nc(NC2[C@@H]3CC[C@H]2CN(c2cnnc(OC)c2)C3)nc1Oc1ccc(F)c(Cl)c1. The number of piperidine rings is 1. The van der Waals surface area contributed by atoms with Crippen LogP contribution in [0.3, 0.4) is 0 Å². The molecule has 1 aromatic carbocycles. The molecule has 174 valence electrons. The Kier molecular flexibility index (Phi) is 6.29. The van der Waals surface area contributed by atoms with Gasteiger partial charge in [0.2, 0.25) is 11.8 Å². The second-order valence-electron chi connectivity index (χ2n) is 8.82. The highest BCUT2D eigenvalue weighted by Crippen LogP contribution is 2.40. The van der Waals surface area contributed by atoms with E-state index in [0.29, 0.717) is 17.7 Å². The molecule has 2 aromatic heterocycles. The predicted octanol–water partition coefficient (Wildman–Crippen LogP) is 2.06. The van der Waals surface area contributed by atoms with Crippen molar-refractivity contribution in [2.24, 2.45) is 11.8 Å². The molecule has 2 fully saturated rings. The van der Waals surface area contributed by atoms with Crippen LogP contribution in [0.2, 0.25) is 5.02 Å². The fourth-order valence-corrected chi connectivity index (χ4v) is 4.92. The van der Waals surface area contributed by atoms with E-state index < -0.39 is 11.1 Å². The van der Waals surface area contributed by atoms with Crippen LogP contribution in [0.15, 0.2) is 30.5 Å². The maximum Gasteiger partial charge on any atom is 0.320 e. The van der Waals surface area contributed by atoms with Crippen LogP contribution < -0.4 is 19.7 Å². The lowest BCUT2D eigenvalue weighted by atomic mass is 9.49. The molecule has 1 saturated carbocycles. The summed E-state index contributed by atoms with van der Waals surface area (Å²) in [6.07, 6.45) is 3.86. The molecule has 1 saturated heterocycles. The molecule has 1 unspecified atom stereocenters. The van der Waals surface area contributed by atoms with Crippen molar-refractivity contribution in [3.05, 3.63) is 41.3 Å². The predicted molar refractivity (Wildman–Crippen MR) is 131 cm³/mol. The van der Waals surface area contributed by atoms with Crippen molar-refractivity contribution >= 4 is 46.8 Å². The first-order chi connectivity index (χ1) is 16.7. The van der Waals surface area contributed by atoms with Crippen LogP contribution in [0, 0.1) is 17.7 Å². The number of halogens is 2. The van der Waals surface area contributed by atoms with Gasteiger partial charge in [-0.3, -0.25) is 0 Å². The molecule has 9 nitrogen and oxygen atoms in total. The van der Waals surface area contributed by atoms with Crippen molar-refractivity contribution in [3.8, 4) is 17.6 Å². The van der Waals surface area contributed by atoms with Crippen molar-refractivity contribution in [2.75, 3.05) is 30.4 Å². The van der Waals surface area contributed by atoms with Gasteiger partial charge in [-0.1, -0.05) is 11.6 Å². The quantitative estimate of drug-likeness (QED) is 0.505. The summed E-state index contributed by atoms with van der Waals surface area (Å²) in [7, 11) is 19.2. The second-order valence-corrected chi connectivity index (χ2v) is 9.23. The van der Waals surface area contributed by atoms with Crippen LogP contribution in [0.4, 0.5) is 16.0 Å². The molecule has 5 rings (SSSR count). The Balaban J connectivity index is 1.34. The summed E-state index contributed by atoms with van der Waals surface area (Å²) in [6, 6.07) is 5.86. The van der Waals surface area contributed by atoms with E-state index >= 15 is 0 Å². The van der Waals surface area contributed by atoms with Gasteiger partial charge in [0.1, 0.15) is 11.6 Å². The highest BCUT2D eigenvalue weighted by Gasteiger charge is 2.43. The normalized spacial score (nSPS) is 21.7. The van der Waals surface area contributed by atoms with E-state index in [-0.39, 0.29) is 28.8 Å². The Morgan fingerprint density at radius 3 is 2.57 bits per heavy atom. The van der Waals surface area contributed by atoms with Gasteiger partial charge in [0.15, 0.2) is 0 Å². The second kappa shape index (κ2) is 9.25. The van der Waals surface area contributed by atoms with Crippen molar-refractivity contribution in [3.63, 3.8) is 0 Å². The van der Waals surface area contributed by atoms with E-state index in [0.717, 1.165) is 36.3 Å². The van der Waals surface area contributed by atoms with E-state index in [9.17, 15) is 4.39 Å². The van der Waals surface area contributed by atoms with E-state index in [2.05, 4.69) is 30.5 Å². The number of benzene rings is 1. The Labute approximate surface area is 211 Å². The van der Waals surface area contributed by atoms with Gasteiger partial charge in [-0.05, 0) is 42.0 Å². The van der Waals surface area contributed by atoms with E-state index in [1.807, 2.05) is 6.07 Å². The summed E-state index contributed by atoms with van der Waals surface area (Å²) in [6.45, 7) is 1.66. The first-order valence-corrected chi connectivity index (χ1v) is 11.4. The highest BCUT2D eigenvalue weighted by atomic mass is 35.5. The van der Waals surface area contributed by atoms with Gasteiger partial charge in [0, 0.05) is 31.3 Å². The molecular formula is C21H20B3ClFN7O2. The first kappa shape index (κ1) is 23.8. The molecule has 2 bridgehead atoms. The fourth-order valence-electron chi connectivity index (χ4n) is 4.75. The number of methoxy groups -OCH3 is 1. The smallest absolute Gasteiger partial charge is 0.320 e. The lowest BCUT2D eigenvalue weighted by Crippen LogP contribution is -2.48. The maximum atomic E-state index is 13.5. The molecule has 3 atom stereocenters. The zero-order chi connectivity index (χ0) is 24.7. The van der Waals surface area contributed by atoms with E-state index in [1.54, 1.807) is 13.3 Å². The Bertz CT molecular complexity index is 1210. The summed E-state index contributed by atoms with van der Waals surface area (Å²) < 4.78 is 25.5. The van der Waals surface area contributed by atoms with Gasteiger partial charge in [0.05, 0.1) is 47.6 Å². The molecule has 2 aliphatic rings. The minimum absolute atomic E-state index is 0.0533. The van der Waals surface area contributed by atoms with Gasteiger partial charge in [0.25, 0.3) is 0 Å². The first-order valence-electron chi connectivity index (χ1n) is 11.1. The largest absolute Gasteiger partial charge is 0.480 e. The average molecular weight is 489 g/mol. The van der Waals surface area contributed by atoms with E-state index in [4.69, 9.17) is 44.6 Å². The number of nitrogens with one attached hydrogen (secondary N) is 1. The Hall–Kier alpha value is -2.95. The number of anilines is 2. The highest BCUT2D eigenvalue weighted by molar-refractivity contribution is 6.56. The third-order valence-electron chi connectivity index (χ3n) is 6.37. The maximum absolute atomic E-state index is 13.5. The molecule has 35 heavy (non-hydrogen) atoms. The zero-order valence-corrected chi connectivity index (χ0v) is 19.7. The number of hydrogen-bond donors (Lipinski definition) is 1. The van der Waals surface area contributed by atoms with Crippen LogP contribution in [0.5, 0.6) is 17.6 Å². The minimum atomic E-state index is -1.87. The van der Waals surface area contributed by atoms with Gasteiger partial charge < -0.3 is 19.7 Å². The van der Waals surface area contributed by atoms with Crippen molar-refractivity contribution in [2.45, 2.75) is 24.1 Å². The standard InChI is InChI=1S/C21H20B3ClFN7O2/c1-34-17-6-13(8-27-30-17)32-9-11-2-3-12(10-32)18(11)28-19-29-20(33(31-19)21(22,23)24)35-14-4-5-16(26)15(25)7-14/h4-8,11-12,18H,2-3,9-10H2,1H3,(H,28,31)/t11-,12+,18?. The van der Waals surface area contributed by atoms with Gasteiger partial charge in [-0.15, -0.1) is 10.2 Å². The molecule has 3 heterocycles. The minimum Gasteiger partial charge on any atom is -0.480 e. The van der Waals surface area contributed by atoms with Crippen LogP contribution in [-0.2, 0) is 5.24 Å². The summed E-state index contributed by atoms with van der Waals surface area (Å²) in [5.41, 5.74) is 0.974. The summed E-state index contributed by atoms with van der Waals surface area (Å²) in [4.78, 5) is 6.70. The number of fused-ring (bicyclic) bond motifs is 2. The third-order valence-corrected chi connectivity index (χ3v) is 6.66. The number of rotatable bonds is 7. The molecule has 1 N–H and O–H groups in total. The molecule has 0 amide bonds. The van der Waals surface area contributed by atoms with Gasteiger partial charge in [-0.25, -0.2) is 9.07 Å². The molecule has 0 spiro atoms. The van der Waals surface area contributed by atoms with Crippen LogP contribution in [0.1, 0.15) is 12.8 Å². The summed E-state index contributed by atoms with van der Waals surface area (Å²) >= 11 is 5.85. The van der Waals surface area contributed by atoms with Crippen LogP contribution in [0.25, 0.3) is 0 Å². The monoisotopic (exact) mass is 489 g/mol. The van der Waals surface area contributed by atoms with Crippen molar-refractivity contribution < 1.29 is 13.9 Å². The van der Waals surface area contributed by atoms with Crippen LogP contribution in [-0.4, -0.2) is 74.7 Å². The van der Waals surface area contributed by atoms with Crippen LogP contribution >= 0.6 is 11.6 Å². The number of hydrogen-bond acceptors (Lipinski definition) is 8. The number of aromatic nitrogens is 5. The Morgan fingerprint density at radius 1 is 1.17 bits per heavy atom. The van der Waals surface area contributed by atoms with E-state index in [1.165, 1.54) is 18.2 Å². The molecule has 1 aliphatic carbocycles. The fraction of sp³-hybridized carbons (Fsp3) is 0.429. The zero-order valence-electron chi connectivity index (χ0n) is 18.9. The topological polar surface area (TPSA) is 90.2 Å². The van der Waals surface area contributed by atoms with Gasteiger partial charge in [-0.2, -0.15) is 10.1 Å². The molecule has 6 radical (unpaired) electrons. The van der Waals surface area contributed by atoms with Crippen molar-refractivity contribution in [1.29, 1.82) is 0 Å². The summed E-state index contributed by atoms with van der Waals surface area (Å²) in [5.74, 6) is 1.11. The number of nitrogens with zero attached hydrogens (tertiary/aromatic N) is 6. The summed E-state index contributed by atoms with van der Waals surface area (Å²) in [5, 5.41) is 13.8. The lowest BCUT2D eigenvalue weighted by molar-refractivity contribution is 0.372.